The van der Waals surface area contributed by atoms with Crippen LogP contribution in [0.15, 0.2) is 48.5 Å². The van der Waals surface area contributed by atoms with Crippen LogP contribution in [0.1, 0.15) is 18.4 Å². The van der Waals surface area contributed by atoms with E-state index in [1.807, 2.05) is 30.3 Å². The minimum atomic E-state index is -1.43. The Morgan fingerprint density at radius 2 is 1.64 bits per heavy atom. The highest BCUT2D eigenvalue weighted by Crippen LogP contribution is 2.24. The van der Waals surface area contributed by atoms with Gasteiger partial charge in [-0.05, 0) is 30.5 Å². The van der Waals surface area contributed by atoms with Crippen LogP contribution in [0.25, 0.3) is 0 Å². The Morgan fingerprint density at radius 1 is 1.04 bits per heavy atom. The standard InChI is InChI=1S/C20H21F2N3O3/c21-15-10-16(22)12-17(11-15)23-19(28)24-20(18(26)27)6-8-25(9-7-20)13-14-4-2-1-3-5-14/h1-5,10-12H,6-9,13H2,(H,26,27)(H2,23,24,28). The number of rotatable bonds is 5. The highest BCUT2D eigenvalue weighted by atomic mass is 19.1. The highest BCUT2D eigenvalue weighted by molar-refractivity contribution is 5.94. The number of nitrogens with zero attached hydrogens (tertiary/aromatic N) is 1. The van der Waals surface area contributed by atoms with Crippen molar-refractivity contribution >= 4 is 17.7 Å². The van der Waals surface area contributed by atoms with E-state index >= 15 is 0 Å². The topological polar surface area (TPSA) is 81.7 Å². The molecule has 28 heavy (non-hydrogen) atoms. The first-order valence-corrected chi connectivity index (χ1v) is 8.91. The van der Waals surface area contributed by atoms with Crippen molar-refractivity contribution in [2.45, 2.75) is 24.9 Å². The fraction of sp³-hybridized carbons (Fsp3) is 0.300. The number of amides is 2. The normalized spacial score (nSPS) is 16.4. The number of urea groups is 1. The molecule has 6 nitrogen and oxygen atoms in total. The molecule has 1 aliphatic rings. The molecule has 2 aromatic rings. The molecule has 1 fully saturated rings. The molecule has 148 valence electrons. The van der Waals surface area contributed by atoms with E-state index in [1.165, 1.54) is 0 Å². The number of aliphatic carboxylic acids is 1. The summed E-state index contributed by atoms with van der Waals surface area (Å²) in [5.41, 5.74) is -0.385. The van der Waals surface area contributed by atoms with Crippen molar-refractivity contribution in [3.63, 3.8) is 0 Å². The molecule has 0 bridgehead atoms. The second-order valence-electron chi connectivity index (χ2n) is 6.89. The predicted molar refractivity (Wildman–Crippen MR) is 99.8 cm³/mol. The van der Waals surface area contributed by atoms with E-state index in [0.717, 1.165) is 17.7 Å². The number of likely N-dealkylation sites (tertiary alicyclic amines) is 1. The molecule has 3 N–H and O–H groups in total. The number of carboxylic acid groups (broad SMARTS) is 1. The maximum absolute atomic E-state index is 13.3. The number of benzene rings is 2. The molecule has 0 aliphatic carbocycles. The Morgan fingerprint density at radius 3 is 2.21 bits per heavy atom. The number of piperidine rings is 1. The van der Waals surface area contributed by atoms with E-state index in [2.05, 4.69) is 15.5 Å². The molecule has 8 heteroatoms. The molecule has 0 spiro atoms. The molecule has 2 amide bonds. The summed E-state index contributed by atoms with van der Waals surface area (Å²) in [6, 6.07) is 11.6. The smallest absolute Gasteiger partial charge is 0.329 e. The lowest BCUT2D eigenvalue weighted by atomic mass is 9.87. The molecule has 0 radical (unpaired) electrons. The van der Waals surface area contributed by atoms with Gasteiger partial charge < -0.3 is 15.7 Å². The van der Waals surface area contributed by atoms with Crippen molar-refractivity contribution < 1.29 is 23.5 Å². The van der Waals surface area contributed by atoms with Crippen LogP contribution in [0.4, 0.5) is 19.3 Å². The number of carbonyl (C=O) groups is 2. The molecular weight excluding hydrogens is 368 g/mol. The van der Waals surface area contributed by atoms with Crippen LogP contribution in [0.5, 0.6) is 0 Å². The minimum Gasteiger partial charge on any atom is -0.480 e. The number of hydrogen-bond donors (Lipinski definition) is 3. The van der Waals surface area contributed by atoms with Crippen LogP contribution in [0, 0.1) is 11.6 Å². The monoisotopic (exact) mass is 389 g/mol. The van der Waals surface area contributed by atoms with E-state index in [-0.39, 0.29) is 18.5 Å². The molecule has 0 unspecified atom stereocenters. The maximum Gasteiger partial charge on any atom is 0.329 e. The van der Waals surface area contributed by atoms with Crippen molar-refractivity contribution in [1.82, 2.24) is 10.2 Å². The van der Waals surface area contributed by atoms with Crippen molar-refractivity contribution in [3.05, 3.63) is 65.7 Å². The van der Waals surface area contributed by atoms with Gasteiger partial charge >= 0.3 is 12.0 Å². The van der Waals surface area contributed by atoms with Gasteiger partial charge in [-0.15, -0.1) is 0 Å². The van der Waals surface area contributed by atoms with Crippen molar-refractivity contribution in [3.8, 4) is 0 Å². The third-order valence-electron chi connectivity index (χ3n) is 4.84. The van der Waals surface area contributed by atoms with Crippen LogP contribution in [-0.2, 0) is 11.3 Å². The van der Waals surface area contributed by atoms with Gasteiger partial charge in [-0.1, -0.05) is 30.3 Å². The summed E-state index contributed by atoms with van der Waals surface area (Å²) in [4.78, 5) is 26.2. The summed E-state index contributed by atoms with van der Waals surface area (Å²) in [5, 5.41) is 14.5. The maximum atomic E-state index is 13.3. The number of hydrogen-bond acceptors (Lipinski definition) is 3. The summed E-state index contributed by atoms with van der Waals surface area (Å²) in [6.45, 7) is 1.69. The molecule has 2 aromatic carbocycles. The zero-order valence-corrected chi connectivity index (χ0v) is 15.1. The van der Waals surface area contributed by atoms with Gasteiger partial charge in [0.1, 0.15) is 17.2 Å². The molecule has 0 atom stereocenters. The van der Waals surface area contributed by atoms with Crippen LogP contribution < -0.4 is 10.6 Å². The van der Waals surface area contributed by atoms with Gasteiger partial charge in [-0.25, -0.2) is 18.4 Å². The van der Waals surface area contributed by atoms with Crippen molar-refractivity contribution in [2.24, 2.45) is 0 Å². The average molecular weight is 389 g/mol. The lowest BCUT2D eigenvalue weighted by Gasteiger charge is -2.39. The third-order valence-corrected chi connectivity index (χ3v) is 4.84. The van der Waals surface area contributed by atoms with Gasteiger partial charge in [0.15, 0.2) is 0 Å². The van der Waals surface area contributed by atoms with E-state index < -0.39 is 29.2 Å². The van der Waals surface area contributed by atoms with E-state index in [4.69, 9.17) is 0 Å². The number of halogens is 2. The lowest BCUT2D eigenvalue weighted by Crippen LogP contribution is -2.60. The molecule has 3 rings (SSSR count). The van der Waals surface area contributed by atoms with Crippen LogP contribution in [0.2, 0.25) is 0 Å². The molecule has 1 heterocycles. The summed E-state index contributed by atoms with van der Waals surface area (Å²) in [5.74, 6) is -2.80. The van der Waals surface area contributed by atoms with Gasteiger partial charge in [-0.3, -0.25) is 4.90 Å². The van der Waals surface area contributed by atoms with Crippen molar-refractivity contribution in [2.75, 3.05) is 18.4 Å². The fourth-order valence-corrected chi connectivity index (χ4v) is 3.33. The SMILES string of the molecule is O=C(Nc1cc(F)cc(F)c1)NC1(C(=O)O)CCN(Cc2ccccc2)CC1. The molecule has 1 saturated heterocycles. The third kappa shape index (κ3) is 4.83. The first-order chi connectivity index (χ1) is 13.4. The number of carboxylic acids is 1. The van der Waals surface area contributed by atoms with E-state index in [0.29, 0.717) is 25.7 Å². The molecule has 0 saturated carbocycles. The first-order valence-electron chi connectivity index (χ1n) is 8.91. The average Bonchev–Trinajstić information content (AvgIpc) is 2.63. The second-order valence-corrected chi connectivity index (χ2v) is 6.89. The molecular formula is C20H21F2N3O3. The van der Waals surface area contributed by atoms with Gasteiger partial charge in [0.25, 0.3) is 0 Å². The Labute approximate surface area is 161 Å². The van der Waals surface area contributed by atoms with E-state index in [9.17, 15) is 23.5 Å². The molecule has 1 aliphatic heterocycles. The number of nitrogens with one attached hydrogen (secondary N) is 2. The molecule has 0 aromatic heterocycles. The fourth-order valence-electron chi connectivity index (χ4n) is 3.33. The Kier molecular flexibility index (Phi) is 5.89. The Balaban J connectivity index is 1.61. The van der Waals surface area contributed by atoms with Gasteiger partial charge in [0.05, 0.1) is 0 Å². The lowest BCUT2D eigenvalue weighted by molar-refractivity contribution is -0.146. The number of carbonyl (C=O) groups excluding carboxylic acids is 1. The van der Waals surface area contributed by atoms with Crippen LogP contribution in [0.3, 0.4) is 0 Å². The summed E-state index contributed by atoms with van der Waals surface area (Å²) in [7, 11) is 0. The van der Waals surface area contributed by atoms with Crippen LogP contribution in [-0.4, -0.2) is 40.6 Å². The number of anilines is 1. The Bertz CT molecular complexity index is 833. The Hall–Kier alpha value is -3.00. The van der Waals surface area contributed by atoms with Gasteiger partial charge in [-0.2, -0.15) is 0 Å². The predicted octanol–water partition coefficient (Wildman–Crippen LogP) is 3.21. The van der Waals surface area contributed by atoms with Gasteiger partial charge in [0, 0.05) is 31.4 Å². The second kappa shape index (κ2) is 8.35. The van der Waals surface area contributed by atoms with Crippen molar-refractivity contribution in [1.29, 1.82) is 0 Å². The van der Waals surface area contributed by atoms with Crippen LogP contribution >= 0.6 is 0 Å². The van der Waals surface area contributed by atoms with E-state index in [1.54, 1.807) is 0 Å². The highest BCUT2D eigenvalue weighted by Gasteiger charge is 2.42. The summed E-state index contributed by atoms with van der Waals surface area (Å²) < 4.78 is 26.5. The quantitative estimate of drug-likeness (QED) is 0.734. The zero-order valence-electron chi connectivity index (χ0n) is 15.1. The summed E-state index contributed by atoms with van der Waals surface area (Å²) >= 11 is 0. The largest absolute Gasteiger partial charge is 0.480 e. The van der Waals surface area contributed by atoms with Gasteiger partial charge in [0.2, 0.25) is 0 Å². The minimum absolute atomic E-state index is 0.0861. The summed E-state index contributed by atoms with van der Waals surface area (Å²) in [6.07, 6.45) is 0.445. The first kappa shape index (κ1) is 19.8. The zero-order chi connectivity index (χ0) is 20.1.